The summed E-state index contributed by atoms with van der Waals surface area (Å²) in [5.74, 6) is -0.0313. The van der Waals surface area contributed by atoms with Gasteiger partial charge in [0, 0.05) is 32.6 Å². The van der Waals surface area contributed by atoms with E-state index in [2.05, 4.69) is 10.3 Å². The molecular formula is C16H24N4O3S. The van der Waals surface area contributed by atoms with Crippen LogP contribution in [0.2, 0.25) is 0 Å². The highest BCUT2D eigenvalue weighted by atomic mass is 32.2. The summed E-state index contributed by atoms with van der Waals surface area (Å²) in [6.07, 6.45) is 1.96. The Bertz CT molecular complexity index is 848. The molecule has 2 aromatic rings. The molecule has 0 fully saturated rings. The van der Waals surface area contributed by atoms with Crippen molar-refractivity contribution < 1.29 is 13.2 Å². The van der Waals surface area contributed by atoms with E-state index < -0.39 is 10.0 Å². The average molecular weight is 352 g/mol. The summed E-state index contributed by atoms with van der Waals surface area (Å²) in [6.45, 7) is 6.29. The SMILES string of the molecule is CN(C)S(=O)(=O)c1ccc2c(c1)ncn2CCC(=O)NC(C)(C)C. The van der Waals surface area contributed by atoms with Crippen molar-refractivity contribution in [2.75, 3.05) is 14.1 Å². The average Bonchev–Trinajstić information content (AvgIpc) is 2.85. The van der Waals surface area contributed by atoms with E-state index in [0.717, 1.165) is 5.52 Å². The van der Waals surface area contributed by atoms with E-state index in [-0.39, 0.29) is 16.3 Å². The van der Waals surface area contributed by atoms with E-state index >= 15 is 0 Å². The minimum atomic E-state index is -3.49. The zero-order chi connectivity index (χ0) is 18.1. The van der Waals surface area contributed by atoms with Gasteiger partial charge in [0.1, 0.15) is 0 Å². The first-order chi connectivity index (χ1) is 11.0. The summed E-state index contributed by atoms with van der Waals surface area (Å²) >= 11 is 0. The number of nitrogens with zero attached hydrogens (tertiary/aromatic N) is 3. The van der Waals surface area contributed by atoms with Crippen LogP contribution in [0.25, 0.3) is 11.0 Å². The molecule has 0 spiro atoms. The lowest BCUT2D eigenvalue weighted by Crippen LogP contribution is -2.40. The van der Waals surface area contributed by atoms with Crippen molar-refractivity contribution in [2.45, 2.75) is 44.2 Å². The normalized spacial score (nSPS) is 12.8. The van der Waals surface area contributed by atoms with E-state index in [1.54, 1.807) is 24.5 Å². The lowest BCUT2D eigenvalue weighted by Gasteiger charge is -2.20. The van der Waals surface area contributed by atoms with Crippen LogP contribution in [-0.2, 0) is 21.4 Å². The number of hydrogen-bond donors (Lipinski definition) is 1. The Hall–Kier alpha value is -1.93. The number of sulfonamides is 1. The summed E-state index contributed by atoms with van der Waals surface area (Å²) in [6, 6.07) is 4.84. The number of amides is 1. The monoisotopic (exact) mass is 352 g/mol. The minimum Gasteiger partial charge on any atom is -0.351 e. The standard InChI is InChI=1S/C16H24N4O3S/c1-16(2,3)18-15(21)8-9-20-11-17-13-10-12(6-7-14(13)20)24(22,23)19(4)5/h6-7,10-11H,8-9H2,1-5H3,(H,18,21). The van der Waals surface area contributed by atoms with Crippen molar-refractivity contribution in [3.05, 3.63) is 24.5 Å². The molecule has 0 saturated heterocycles. The number of aromatic nitrogens is 2. The van der Waals surface area contributed by atoms with E-state index in [0.29, 0.717) is 18.5 Å². The molecule has 0 saturated carbocycles. The smallest absolute Gasteiger partial charge is 0.242 e. The molecule has 8 heteroatoms. The molecule has 132 valence electrons. The van der Waals surface area contributed by atoms with E-state index in [4.69, 9.17) is 0 Å². The fourth-order valence-electron chi connectivity index (χ4n) is 2.30. The molecule has 0 unspecified atom stereocenters. The van der Waals surface area contributed by atoms with Crippen molar-refractivity contribution in [1.82, 2.24) is 19.2 Å². The summed E-state index contributed by atoms with van der Waals surface area (Å²) in [5, 5.41) is 2.91. The molecule has 1 N–H and O–H groups in total. The number of nitrogens with one attached hydrogen (secondary N) is 1. The van der Waals surface area contributed by atoms with Crippen LogP contribution in [0.5, 0.6) is 0 Å². The number of imidazole rings is 1. The second-order valence-electron chi connectivity index (χ2n) is 6.92. The minimum absolute atomic E-state index is 0.0313. The van der Waals surface area contributed by atoms with Gasteiger partial charge in [0.05, 0.1) is 22.3 Å². The fraction of sp³-hybridized carbons (Fsp3) is 0.500. The molecule has 1 heterocycles. The van der Waals surface area contributed by atoms with Gasteiger partial charge in [-0.15, -0.1) is 0 Å². The molecule has 0 aliphatic carbocycles. The van der Waals surface area contributed by atoms with Gasteiger partial charge in [-0.1, -0.05) is 0 Å². The third-order valence-corrected chi connectivity index (χ3v) is 5.28. The molecule has 0 aliphatic rings. The molecule has 0 atom stereocenters. The van der Waals surface area contributed by atoms with Gasteiger partial charge in [0.2, 0.25) is 15.9 Å². The van der Waals surface area contributed by atoms with Gasteiger partial charge in [-0.05, 0) is 39.0 Å². The highest BCUT2D eigenvalue weighted by Gasteiger charge is 2.19. The summed E-state index contributed by atoms with van der Waals surface area (Å²) in [7, 11) is -0.501. The molecule has 2 rings (SSSR count). The third-order valence-electron chi connectivity index (χ3n) is 3.47. The van der Waals surface area contributed by atoms with Crippen molar-refractivity contribution >= 4 is 27.0 Å². The molecule has 1 amide bonds. The summed E-state index contributed by atoms with van der Waals surface area (Å²) < 4.78 is 27.4. The third kappa shape index (κ3) is 4.12. The van der Waals surface area contributed by atoms with Gasteiger partial charge in [0.15, 0.2) is 0 Å². The van der Waals surface area contributed by atoms with Crippen LogP contribution in [0, 0.1) is 0 Å². The van der Waals surface area contributed by atoms with Gasteiger partial charge < -0.3 is 9.88 Å². The second kappa shape index (κ2) is 6.52. The van der Waals surface area contributed by atoms with Crippen LogP contribution >= 0.6 is 0 Å². The van der Waals surface area contributed by atoms with Crippen molar-refractivity contribution in [3.63, 3.8) is 0 Å². The Labute approximate surface area is 142 Å². The van der Waals surface area contributed by atoms with Crippen LogP contribution < -0.4 is 5.32 Å². The summed E-state index contributed by atoms with van der Waals surface area (Å²) in [5.41, 5.74) is 1.13. The second-order valence-corrected chi connectivity index (χ2v) is 9.08. The van der Waals surface area contributed by atoms with E-state index in [1.807, 2.05) is 25.3 Å². The molecule has 0 aliphatic heterocycles. The van der Waals surface area contributed by atoms with Crippen LogP contribution in [0.1, 0.15) is 27.2 Å². The van der Waals surface area contributed by atoms with Crippen LogP contribution in [0.15, 0.2) is 29.4 Å². The molecule has 7 nitrogen and oxygen atoms in total. The first kappa shape index (κ1) is 18.4. The van der Waals surface area contributed by atoms with E-state index in [9.17, 15) is 13.2 Å². The maximum Gasteiger partial charge on any atom is 0.242 e. The lowest BCUT2D eigenvalue weighted by atomic mass is 10.1. The zero-order valence-corrected chi connectivity index (χ0v) is 15.5. The Balaban J connectivity index is 2.19. The number of aryl methyl sites for hydroxylation is 1. The summed E-state index contributed by atoms with van der Waals surface area (Å²) in [4.78, 5) is 16.4. The van der Waals surface area contributed by atoms with Crippen LogP contribution in [0.3, 0.4) is 0 Å². The van der Waals surface area contributed by atoms with Crippen molar-refractivity contribution in [1.29, 1.82) is 0 Å². The largest absolute Gasteiger partial charge is 0.351 e. The van der Waals surface area contributed by atoms with E-state index in [1.165, 1.54) is 18.4 Å². The Kier molecular flexibility index (Phi) is 5.00. The van der Waals surface area contributed by atoms with Gasteiger partial charge in [0.25, 0.3) is 0 Å². The first-order valence-electron chi connectivity index (χ1n) is 7.69. The Morgan fingerprint density at radius 1 is 1.29 bits per heavy atom. The van der Waals surface area contributed by atoms with Crippen molar-refractivity contribution in [3.8, 4) is 0 Å². The van der Waals surface area contributed by atoms with Gasteiger partial charge in [-0.3, -0.25) is 4.79 Å². The van der Waals surface area contributed by atoms with Crippen LogP contribution in [-0.4, -0.2) is 47.8 Å². The highest BCUT2D eigenvalue weighted by molar-refractivity contribution is 7.89. The van der Waals surface area contributed by atoms with Gasteiger partial charge in [-0.25, -0.2) is 17.7 Å². The number of hydrogen-bond acceptors (Lipinski definition) is 4. The molecular weight excluding hydrogens is 328 g/mol. The van der Waals surface area contributed by atoms with Crippen LogP contribution in [0.4, 0.5) is 0 Å². The molecule has 1 aromatic carbocycles. The maximum atomic E-state index is 12.2. The fourth-order valence-corrected chi connectivity index (χ4v) is 3.22. The number of fused-ring (bicyclic) bond motifs is 1. The number of rotatable bonds is 5. The molecule has 0 bridgehead atoms. The van der Waals surface area contributed by atoms with Gasteiger partial charge >= 0.3 is 0 Å². The number of carbonyl (C=O) groups is 1. The number of carbonyl (C=O) groups excluding carboxylic acids is 1. The molecule has 1 aromatic heterocycles. The number of benzene rings is 1. The van der Waals surface area contributed by atoms with Crippen molar-refractivity contribution in [2.24, 2.45) is 0 Å². The maximum absolute atomic E-state index is 12.2. The first-order valence-corrected chi connectivity index (χ1v) is 9.13. The lowest BCUT2D eigenvalue weighted by molar-refractivity contribution is -0.122. The Morgan fingerprint density at radius 3 is 2.54 bits per heavy atom. The molecule has 24 heavy (non-hydrogen) atoms. The molecule has 0 radical (unpaired) electrons. The highest BCUT2D eigenvalue weighted by Crippen LogP contribution is 2.20. The predicted octanol–water partition coefficient (Wildman–Crippen LogP) is 1.59. The zero-order valence-electron chi connectivity index (χ0n) is 14.7. The Morgan fingerprint density at radius 2 is 1.96 bits per heavy atom. The quantitative estimate of drug-likeness (QED) is 0.886. The topological polar surface area (TPSA) is 84.3 Å². The predicted molar refractivity (Wildman–Crippen MR) is 93.1 cm³/mol. The van der Waals surface area contributed by atoms with Gasteiger partial charge in [-0.2, -0.15) is 0 Å².